The van der Waals surface area contributed by atoms with Crippen molar-refractivity contribution < 1.29 is 14.6 Å². The van der Waals surface area contributed by atoms with Crippen LogP contribution in [0.4, 0.5) is 10.5 Å². The van der Waals surface area contributed by atoms with E-state index in [0.717, 1.165) is 0 Å². The van der Waals surface area contributed by atoms with Crippen LogP contribution in [0.3, 0.4) is 0 Å². The van der Waals surface area contributed by atoms with E-state index < -0.39 is 12.2 Å². The molecule has 0 aliphatic carbocycles. The zero-order chi connectivity index (χ0) is 10.8. The van der Waals surface area contributed by atoms with Gasteiger partial charge in [0, 0.05) is 10.7 Å². The van der Waals surface area contributed by atoms with E-state index in [2.05, 4.69) is 0 Å². The summed E-state index contributed by atoms with van der Waals surface area (Å²) in [6.45, 7) is 0.193. The topological polar surface area (TPSA) is 49.8 Å². The minimum Gasteiger partial charge on any atom is -0.441 e. The number of carbonyl (C=O) groups excluding carboxylic acids is 1. The van der Waals surface area contributed by atoms with Crippen LogP contribution >= 0.6 is 11.6 Å². The molecule has 1 unspecified atom stereocenters. The molecular weight excluding hydrogens is 218 g/mol. The summed E-state index contributed by atoms with van der Waals surface area (Å²) in [6.07, 6.45) is -0.896. The number of halogens is 1. The van der Waals surface area contributed by atoms with Crippen LogP contribution in [0, 0.1) is 0 Å². The van der Waals surface area contributed by atoms with E-state index >= 15 is 0 Å². The molecule has 2 rings (SSSR count). The molecule has 15 heavy (non-hydrogen) atoms. The van der Waals surface area contributed by atoms with Crippen LogP contribution in [0.25, 0.3) is 0 Å². The number of nitrogens with zero attached hydrogens (tertiary/aromatic N) is 1. The van der Waals surface area contributed by atoms with E-state index in [1.807, 2.05) is 0 Å². The van der Waals surface area contributed by atoms with Crippen molar-refractivity contribution >= 4 is 23.4 Å². The minimum absolute atomic E-state index is 0.164. The quantitative estimate of drug-likeness (QED) is 0.836. The summed E-state index contributed by atoms with van der Waals surface area (Å²) in [6, 6.07) is 6.95. The van der Waals surface area contributed by atoms with Crippen LogP contribution in [0.2, 0.25) is 5.02 Å². The highest BCUT2D eigenvalue weighted by Gasteiger charge is 2.31. The van der Waals surface area contributed by atoms with Crippen molar-refractivity contribution in [2.45, 2.75) is 6.10 Å². The van der Waals surface area contributed by atoms with Crippen LogP contribution < -0.4 is 4.90 Å². The molecule has 1 fully saturated rings. The Balaban J connectivity index is 2.21. The van der Waals surface area contributed by atoms with Crippen molar-refractivity contribution in [2.24, 2.45) is 0 Å². The maximum Gasteiger partial charge on any atom is 0.414 e. The molecule has 1 saturated heterocycles. The maximum absolute atomic E-state index is 11.4. The molecule has 1 amide bonds. The first kappa shape index (κ1) is 10.3. The molecule has 1 heterocycles. The Hall–Kier alpha value is -1.26. The lowest BCUT2D eigenvalue weighted by atomic mass is 10.3. The van der Waals surface area contributed by atoms with Gasteiger partial charge in [0.2, 0.25) is 0 Å². The summed E-state index contributed by atoms with van der Waals surface area (Å²) in [7, 11) is 0. The number of rotatable bonds is 2. The number of cyclic esters (lactones) is 1. The van der Waals surface area contributed by atoms with Gasteiger partial charge in [-0.3, -0.25) is 4.90 Å². The van der Waals surface area contributed by atoms with Gasteiger partial charge >= 0.3 is 6.09 Å². The zero-order valence-corrected chi connectivity index (χ0v) is 8.65. The molecular formula is C10H10ClNO3. The SMILES string of the molecule is O=C1OC(CO)CN1c1cccc(Cl)c1. The molecule has 4 nitrogen and oxygen atoms in total. The predicted octanol–water partition coefficient (Wildman–Crippen LogP) is 1.66. The van der Waals surface area contributed by atoms with Crippen molar-refractivity contribution in [3.05, 3.63) is 29.3 Å². The fourth-order valence-corrected chi connectivity index (χ4v) is 1.66. The lowest BCUT2D eigenvalue weighted by Gasteiger charge is -2.12. The van der Waals surface area contributed by atoms with E-state index in [0.29, 0.717) is 17.3 Å². The Bertz CT molecular complexity index is 383. The van der Waals surface area contributed by atoms with Gasteiger partial charge in [0.1, 0.15) is 6.10 Å². The van der Waals surface area contributed by atoms with Gasteiger partial charge in [-0.05, 0) is 18.2 Å². The molecule has 1 N–H and O–H groups in total. The number of aliphatic hydroxyl groups is 1. The first-order valence-electron chi connectivity index (χ1n) is 4.55. The molecule has 1 atom stereocenters. The highest BCUT2D eigenvalue weighted by atomic mass is 35.5. The number of carbonyl (C=O) groups is 1. The lowest BCUT2D eigenvalue weighted by Crippen LogP contribution is -2.25. The standard InChI is InChI=1S/C10H10ClNO3/c11-7-2-1-3-8(4-7)12-5-9(6-13)15-10(12)14/h1-4,9,13H,5-6H2. The maximum atomic E-state index is 11.4. The molecule has 0 aromatic heterocycles. The molecule has 1 aliphatic heterocycles. The highest BCUT2D eigenvalue weighted by Crippen LogP contribution is 2.24. The fraction of sp³-hybridized carbons (Fsp3) is 0.300. The van der Waals surface area contributed by atoms with Crippen LogP contribution in [-0.2, 0) is 4.74 Å². The number of amides is 1. The lowest BCUT2D eigenvalue weighted by molar-refractivity contribution is 0.0963. The predicted molar refractivity (Wildman–Crippen MR) is 56.2 cm³/mol. The number of anilines is 1. The smallest absolute Gasteiger partial charge is 0.414 e. The number of ether oxygens (including phenoxy) is 1. The Kier molecular flexibility index (Phi) is 2.79. The Morgan fingerprint density at radius 1 is 1.60 bits per heavy atom. The van der Waals surface area contributed by atoms with Crippen molar-refractivity contribution in [1.82, 2.24) is 0 Å². The number of benzene rings is 1. The van der Waals surface area contributed by atoms with Gasteiger partial charge in [0.15, 0.2) is 0 Å². The van der Waals surface area contributed by atoms with Gasteiger partial charge in [-0.2, -0.15) is 0 Å². The van der Waals surface area contributed by atoms with E-state index in [4.69, 9.17) is 21.4 Å². The van der Waals surface area contributed by atoms with Gasteiger partial charge in [0.25, 0.3) is 0 Å². The Labute approximate surface area is 92.0 Å². The number of hydrogen-bond donors (Lipinski definition) is 1. The summed E-state index contributed by atoms with van der Waals surface area (Å²) in [5.41, 5.74) is 0.684. The van der Waals surface area contributed by atoms with Crippen molar-refractivity contribution in [1.29, 1.82) is 0 Å². The van der Waals surface area contributed by atoms with Crippen molar-refractivity contribution in [2.75, 3.05) is 18.1 Å². The third-order valence-corrected chi connectivity index (χ3v) is 2.43. The second-order valence-corrected chi connectivity index (χ2v) is 3.72. The van der Waals surface area contributed by atoms with E-state index in [9.17, 15) is 4.79 Å². The molecule has 1 aromatic rings. The van der Waals surface area contributed by atoms with Gasteiger partial charge in [-0.15, -0.1) is 0 Å². The first-order chi connectivity index (χ1) is 7.20. The molecule has 1 aliphatic rings. The zero-order valence-electron chi connectivity index (χ0n) is 7.89. The number of aliphatic hydroxyl groups excluding tert-OH is 1. The van der Waals surface area contributed by atoms with Gasteiger partial charge < -0.3 is 9.84 Å². The van der Waals surface area contributed by atoms with Crippen molar-refractivity contribution in [3.63, 3.8) is 0 Å². The molecule has 0 saturated carbocycles. The molecule has 5 heteroatoms. The Morgan fingerprint density at radius 3 is 3.00 bits per heavy atom. The number of hydrogen-bond acceptors (Lipinski definition) is 3. The molecule has 0 spiro atoms. The van der Waals surface area contributed by atoms with E-state index in [1.165, 1.54) is 4.90 Å². The minimum atomic E-state index is -0.448. The largest absolute Gasteiger partial charge is 0.441 e. The van der Waals surface area contributed by atoms with Crippen LogP contribution in [0.5, 0.6) is 0 Å². The highest BCUT2D eigenvalue weighted by molar-refractivity contribution is 6.30. The second kappa shape index (κ2) is 4.08. The van der Waals surface area contributed by atoms with Gasteiger partial charge in [-0.25, -0.2) is 4.79 Å². The molecule has 0 bridgehead atoms. The average Bonchev–Trinajstić information content (AvgIpc) is 2.60. The third kappa shape index (κ3) is 2.06. The second-order valence-electron chi connectivity index (χ2n) is 3.28. The fourth-order valence-electron chi connectivity index (χ4n) is 1.47. The molecule has 1 aromatic carbocycles. The average molecular weight is 228 g/mol. The van der Waals surface area contributed by atoms with Crippen LogP contribution in [0.1, 0.15) is 0 Å². The monoisotopic (exact) mass is 227 g/mol. The summed E-state index contributed by atoms with van der Waals surface area (Å²) < 4.78 is 4.91. The summed E-state index contributed by atoms with van der Waals surface area (Å²) in [5.74, 6) is 0. The van der Waals surface area contributed by atoms with E-state index in [1.54, 1.807) is 24.3 Å². The van der Waals surface area contributed by atoms with Crippen LogP contribution in [0.15, 0.2) is 24.3 Å². The summed E-state index contributed by atoms with van der Waals surface area (Å²) in [4.78, 5) is 12.9. The van der Waals surface area contributed by atoms with Gasteiger partial charge in [0.05, 0.1) is 13.2 Å². The Morgan fingerprint density at radius 2 is 2.40 bits per heavy atom. The normalized spacial score (nSPS) is 20.5. The van der Waals surface area contributed by atoms with Crippen molar-refractivity contribution in [3.8, 4) is 0 Å². The van der Waals surface area contributed by atoms with Crippen LogP contribution in [-0.4, -0.2) is 30.5 Å². The first-order valence-corrected chi connectivity index (χ1v) is 4.93. The molecule has 0 radical (unpaired) electrons. The summed E-state index contributed by atoms with van der Waals surface area (Å²) in [5, 5.41) is 9.44. The third-order valence-electron chi connectivity index (χ3n) is 2.20. The molecule has 80 valence electrons. The van der Waals surface area contributed by atoms with Gasteiger partial charge in [-0.1, -0.05) is 17.7 Å². The van der Waals surface area contributed by atoms with E-state index in [-0.39, 0.29) is 6.61 Å². The summed E-state index contributed by atoms with van der Waals surface area (Å²) >= 11 is 5.81.